The first-order valence-electron chi connectivity index (χ1n) is 10.5. The van der Waals surface area contributed by atoms with E-state index in [-0.39, 0.29) is 37.1 Å². The quantitative estimate of drug-likeness (QED) is 0.637. The molecule has 3 heterocycles. The summed E-state index contributed by atoms with van der Waals surface area (Å²) in [4.78, 5) is 55.8. The number of aromatic nitrogens is 1. The molecule has 0 radical (unpaired) electrons. The molecule has 1 aromatic heterocycles. The maximum absolute atomic E-state index is 13.3. The maximum Gasteiger partial charge on any atom is 0.238 e. The molecule has 0 aliphatic carbocycles. The lowest BCUT2D eigenvalue weighted by Crippen LogP contribution is -2.48. The zero-order valence-electron chi connectivity index (χ0n) is 18.2. The van der Waals surface area contributed by atoms with Crippen LogP contribution in [0.25, 0.3) is 0 Å². The van der Waals surface area contributed by atoms with Gasteiger partial charge in [-0.3, -0.25) is 24.2 Å². The van der Waals surface area contributed by atoms with Crippen molar-refractivity contribution in [2.75, 3.05) is 31.6 Å². The summed E-state index contributed by atoms with van der Waals surface area (Å²) in [6, 6.07) is 5.97. The number of benzene rings is 1. The van der Waals surface area contributed by atoms with Crippen molar-refractivity contribution in [3.8, 4) is 5.75 Å². The molecule has 2 atom stereocenters. The number of nitrogens with one attached hydrogen (secondary N) is 2. The predicted molar refractivity (Wildman–Crippen MR) is 116 cm³/mol. The fraction of sp³-hybridized carbons (Fsp3) is 0.348. The number of Topliss-reactive ketones (excluding diaryl/α,β-unsaturated/α-hetero) is 2. The van der Waals surface area contributed by atoms with Crippen molar-refractivity contribution >= 4 is 29.1 Å². The molecule has 172 valence electrons. The van der Waals surface area contributed by atoms with Crippen LogP contribution in [0, 0.1) is 11.7 Å². The van der Waals surface area contributed by atoms with E-state index in [9.17, 15) is 23.6 Å². The highest BCUT2D eigenvalue weighted by Crippen LogP contribution is 2.42. The summed E-state index contributed by atoms with van der Waals surface area (Å²) in [6.07, 6.45) is 1.32. The Morgan fingerprint density at radius 3 is 2.64 bits per heavy atom. The Balaban J connectivity index is 1.79. The summed E-state index contributed by atoms with van der Waals surface area (Å²) < 4.78 is 19.5. The molecule has 2 aromatic rings. The van der Waals surface area contributed by atoms with E-state index < -0.39 is 29.5 Å². The molecular formula is C23H23FN4O5. The molecule has 4 rings (SSSR count). The number of anilines is 1. The van der Waals surface area contributed by atoms with Crippen molar-refractivity contribution in [3.63, 3.8) is 0 Å². The van der Waals surface area contributed by atoms with Crippen LogP contribution in [-0.2, 0) is 20.8 Å². The molecule has 0 saturated heterocycles. The lowest BCUT2D eigenvalue weighted by Gasteiger charge is -2.36. The van der Waals surface area contributed by atoms with E-state index in [1.807, 2.05) is 0 Å². The highest BCUT2D eigenvalue weighted by molar-refractivity contribution is 6.26. The van der Waals surface area contributed by atoms with Gasteiger partial charge in [-0.05, 0) is 17.7 Å². The molecule has 33 heavy (non-hydrogen) atoms. The van der Waals surface area contributed by atoms with Gasteiger partial charge in [-0.1, -0.05) is 12.1 Å². The van der Waals surface area contributed by atoms with Gasteiger partial charge in [0.1, 0.15) is 23.3 Å². The van der Waals surface area contributed by atoms with Crippen LogP contribution in [0.2, 0.25) is 0 Å². The Bertz CT molecular complexity index is 1130. The van der Waals surface area contributed by atoms with Crippen LogP contribution in [0.5, 0.6) is 5.75 Å². The van der Waals surface area contributed by atoms with Gasteiger partial charge >= 0.3 is 0 Å². The molecular weight excluding hydrogens is 431 g/mol. The van der Waals surface area contributed by atoms with Gasteiger partial charge < -0.3 is 20.3 Å². The Hall–Kier alpha value is -3.82. The molecule has 2 amide bonds. The van der Waals surface area contributed by atoms with Crippen LogP contribution in [0.3, 0.4) is 0 Å². The second-order valence-corrected chi connectivity index (χ2v) is 8.05. The van der Waals surface area contributed by atoms with Crippen molar-refractivity contribution in [2.24, 2.45) is 5.92 Å². The number of halogens is 1. The summed E-state index contributed by atoms with van der Waals surface area (Å²) in [5.41, 5.74) is 1.79. The second kappa shape index (κ2) is 8.97. The minimum Gasteiger partial charge on any atom is -0.484 e. The number of pyridine rings is 1. The van der Waals surface area contributed by atoms with E-state index in [2.05, 4.69) is 15.6 Å². The number of nitrogens with zero attached hydrogens (tertiary/aromatic N) is 2. The smallest absolute Gasteiger partial charge is 0.238 e. The molecule has 0 fully saturated rings. The number of hydrogen-bond donors (Lipinski definition) is 2. The molecule has 10 heteroatoms. The number of ether oxygens (including phenoxy) is 1. The number of carbonyl (C=O) groups excluding carboxylic acids is 4. The number of ketones is 2. The molecule has 2 unspecified atom stereocenters. The summed E-state index contributed by atoms with van der Waals surface area (Å²) >= 11 is 0. The van der Waals surface area contributed by atoms with Gasteiger partial charge in [0.15, 0.2) is 17.5 Å². The monoisotopic (exact) mass is 454 g/mol. The zero-order valence-corrected chi connectivity index (χ0v) is 18.2. The average molecular weight is 454 g/mol. The van der Waals surface area contributed by atoms with Crippen molar-refractivity contribution < 1.29 is 28.3 Å². The van der Waals surface area contributed by atoms with Gasteiger partial charge in [-0.25, -0.2) is 4.39 Å². The van der Waals surface area contributed by atoms with Crippen molar-refractivity contribution in [1.82, 2.24) is 15.6 Å². The summed E-state index contributed by atoms with van der Waals surface area (Å²) in [6.45, 7) is 1.63. The van der Waals surface area contributed by atoms with Gasteiger partial charge in [0.05, 0.1) is 19.6 Å². The van der Waals surface area contributed by atoms with Gasteiger partial charge in [0, 0.05) is 32.2 Å². The number of amides is 2. The normalized spacial score (nSPS) is 19.3. The van der Waals surface area contributed by atoms with Gasteiger partial charge in [-0.2, -0.15) is 0 Å². The minimum atomic E-state index is -1.49. The Kier molecular flexibility index (Phi) is 6.08. The van der Waals surface area contributed by atoms with E-state index in [0.29, 0.717) is 23.4 Å². The number of hydrogen-bond acceptors (Lipinski definition) is 7. The third-order valence-corrected chi connectivity index (χ3v) is 5.66. The maximum atomic E-state index is 13.3. The van der Waals surface area contributed by atoms with Crippen LogP contribution in [-0.4, -0.2) is 61.2 Å². The molecule has 0 saturated carbocycles. The third kappa shape index (κ3) is 4.41. The van der Waals surface area contributed by atoms with Gasteiger partial charge in [-0.15, -0.1) is 0 Å². The Morgan fingerprint density at radius 2 is 1.97 bits per heavy atom. The fourth-order valence-corrected chi connectivity index (χ4v) is 4.10. The van der Waals surface area contributed by atoms with Crippen molar-refractivity contribution in [1.29, 1.82) is 0 Å². The molecule has 2 N–H and O–H groups in total. The fourth-order valence-electron chi connectivity index (χ4n) is 4.10. The van der Waals surface area contributed by atoms with Crippen LogP contribution in [0.15, 0.2) is 30.5 Å². The van der Waals surface area contributed by atoms with E-state index in [1.54, 1.807) is 17.0 Å². The first-order valence-corrected chi connectivity index (χ1v) is 10.5. The Labute approximate surface area is 189 Å². The third-order valence-electron chi connectivity index (χ3n) is 5.66. The molecule has 2 aliphatic heterocycles. The van der Waals surface area contributed by atoms with Crippen LogP contribution >= 0.6 is 0 Å². The summed E-state index contributed by atoms with van der Waals surface area (Å²) in [7, 11) is 1.36. The lowest BCUT2D eigenvalue weighted by atomic mass is 9.95. The van der Waals surface area contributed by atoms with Crippen LogP contribution < -0.4 is 20.3 Å². The topological polar surface area (TPSA) is 118 Å². The lowest BCUT2D eigenvalue weighted by molar-refractivity contribution is -0.131. The van der Waals surface area contributed by atoms with Crippen LogP contribution in [0.4, 0.5) is 10.1 Å². The molecule has 1 aromatic carbocycles. The highest BCUT2D eigenvalue weighted by atomic mass is 19.1. The van der Waals surface area contributed by atoms with Gasteiger partial charge in [0.2, 0.25) is 17.6 Å². The minimum absolute atomic E-state index is 0.00900. The first kappa shape index (κ1) is 22.4. The Morgan fingerprint density at radius 1 is 1.24 bits per heavy atom. The van der Waals surface area contributed by atoms with Gasteiger partial charge in [0.25, 0.3) is 0 Å². The van der Waals surface area contributed by atoms with E-state index in [4.69, 9.17) is 4.74 Å². The largest absolute Gasteiger partial charge is 0.484 e. The zero-order chi connectivity index (χ0) is 23.7. The first-order chi connectivity index (χ1) is 15.8. The molecule has 2 aliphatic rings. The van der Waals surface area contributed by atoms with Crippen molar-refractivity contribution in [3.05, 3.63) is 53.1 Å². The SMILES string of the molecule is CNC(=O)C1C(=O)CN2CC(CNC(C)=O)Oc3c(Cc4ccc(F)cc4)cnc(c32)C1=O. The van der Waals surface area contributed by atoms with E-state index in [1.165, 1.54) is 32.3 Å². The van der Waals surface area contributed by atoms with E-state index in [0.717, 1.165) is 5.56 Å². The number of carbonyl (C=O) groups is 4. The van der Waals surface area contributed by atoms with Crippen molar-refractivity contribution in [2.45, 2.75) is 19.4 Å². The molecule has 0 spiro atoms. The molecule has 9 nitrogen and oxygen atoms in total. The van der Waals surface area contributed by atoms with E-state index >= 15 is 0 Å². The standard InChI is InChI=1S/C23H23FN4O5/c1-12(29)26-9-16-10-28-11-17(30)18(23(32)25-2)21(31)19-20(28)22(33-16)14(8-27-19)7-13-3-5-15(24)6-4-13/h3-6,8,16,18H,7,9-11H2,1-2H3,(H,25,32)(H,26,29). The summed E-state index contributed by atoms with van der Waals surface area (Å²) in [5, 5.41) is 5.08. The molecule has 0 bridgehead atoms. The average Bonchev–Trinajstić information content (AvgIpc) is 2.89. The number of rotatable bonds is 5. The van der Waals surface area contributed by atoms with Crippen LogP contribution in [0.1, 0.15) is 28.5 Å². The summed E-state index contributed by atoms with van der Waals surface area (Å²) in [5.74, 6) is -3.63. The second-order valence-electron chi connectivity index (χ2n) is 8.05. The highest BCUT2D eigenvalue weighted by Gasteiger charge is 2.44. The predicted octanol–water partition coefficient (Wildman–Crippen LogP) is 0.643.